The van der Waals surface area contributed by atoms with Crippen molar-refractivity contribution in [1.82, 2.24) is 0 Å². The fraction of sp³-hybridized carbons (Fsp3) is 0.0769. The van der Waals surface area contributed by atoms with E-state index in [1.807, 2.05) is 30.3 Å². The van der Waals surface area contributed by atoms with E-state index in [1.165, 1.54) is 0 Å². The molecule has 0 unspecified atom stereocenters. The van der Waals surface area contributed by atoms with E-state index in [0.717, 1.165) is 21.5 Å². The molecule has 0 spiro atoms. The first-order chi connectivity index (χ1) is 8.19. The molecule has 0 aromatic heterocycles. The summed E-state index contributed by atoms with van der Waals surface area (Å²) in [5.41, 5.74) is 0.941. The van der Waals surface area contributed by atoms with Crippen LogP contribution in [0.5, 0.6) is 11.5 Å². The Hall–Kier alpha value is -0.700. The summed E-state index contributed by atoms with van der Waals surface area (Å²) < 4.78 is 6.73. The van der Waals surface area contributed by atoms with Crippen molar-refractivity contribution in [2.45, 2.75) is 5.88 Å². The third-order valence-corrected chi connectivity index (χ3v) is 3.24. The zero-order valence-corrected chi connectivity index (χ0v) is 11.9. The molecule has 0 bridgehead atoms. The average Bonchev–Trinajstić information content (AvgIpc) is 2.34. The highest BCUT2D eigenvalue weighted by atomic mass is 79.9. The van der Waals surface area contributed by atoms with E-state index in [0.29, 0.717) is 10.9 Å². The predicted octanol–water partition coefficient (Wildman–Crippen LogP) is 5.63. The maximum Gasteiger partial charge on any atom is 0.131 e. The molecule has 0 heterocycles. The third-order valence-electron chi connectivity index (χ3n) is 2.21. The largest absolute Gasteiger partial charge is 0.457 e. The Balaban J connectivity index is 2.26. The van der Waals surface area contributed by atoms with Gasteiger partial charge in [0.05, 0.1) is 5.88 Å². The normalized spacial score (nSPS) is 10.3. The van der Waals surface area contributed by atoms with Crippen LogP contribution in [0.2, 0.25) is 5.02 Å². The predicted molar refractivity (Wildman–Crippen MR) is 75.2 cm³/mol. The molecule has 0 N–H and O–H groups in total. The SMILES string of the molecule is ClCc1cc(Br)ccc1Oc1ccc(Cl)cc1. The number of rotatable bonds is 3. The fourth-order valence-electron chi connectivity index (χ4n) is 1.38. The highest BCUT2D eigenvalue weighted by Crippen LogP contribution is 2.29. The van der Waals surface area contributed by atoms with E-state index in [2.05, 4.69) is 15.9 Å². The lowest BCUT2D eigenvalue weighted by molar-refractivity contribution is 0.478. The second kappa shape index (κ2) is 5.76. The summed E-state index contributed by atoms with van der Waals surface area (Å²) in [6, 6.07) is 13.0. The highest BCUT2D eigenvalue weighted by Gasteiger charge is 2.05. The summed E-state index contributed by atoms with van der Waals surface area (Å²) in [6.07, 6.45) is 0. The van der Waals surface area contributed by atoms with Gasteiger partial charge in [-0.05, 0) is 42.5 Å². The van der Waals surface area contributed by atoms with Crippen LogP contribution in [0.3, 0.4) is 0 Å². The fourth-order valence-corrected chi connectivity index (χ4v) is 2.12. The van der Waals surface area contributed by atoms with Crippen LogP contribution in [-0.2, 0) is 5.88 Å². The van der Waals surface area contributed by atoms with E-state index in [4.69, 9.17) is 27.9 Å². The second-order valence-corrected chi connectivity index (χ2v) is 5.06. The number of alkyl halides is 1. The molecule has 0 radical (unpaired) electrons. The molecule has 4 heteroatoms. The Kier molecular flexibility index (Phi) is 4.32. The molecule has 0 saturated carbocycles. The molecule has 0 atom stereocenters. The van der Waals surface area contributed by atoms with Crippen molar-refractivity contribution < 1.29 is 4.74 Å². The molecule has 0 saturated heterocycles. The lowest BCUT2D eigenvalue weighted by Gasteiger charge is -2.09. The van der Waals surface area contributed by atoms with E-state index in [1.54, 1.807) is 12.1 Å². The molecular formula is C13H9BrCl2O. The van der Waals surface area contributed by atoms with Crippen molar-refractivity contribution in [3.05, 3.63) is 57.5 Å². The summed E-state index contributed by atoms with van der Waals surface area (Å²) in [6.45, 7) is 0. The zero-order chi connectivity index (χ0) is 12.3. The second-order valence-electron chi connectivity index (χ2n) is 3.44. The van der Waals surface area contributed by atoms with Gasteiger partial charge in [-0.15, -0.1) is 11.6 Å². The molecule has 1 nitrogen and oxygen atoms in total. The van der Waals surface area contributed by atoms with Crippen LogP contribution in [-0.4, -0.2) is 0 Å². The Morgan fingerprint density at radius 1 is 1.06 bits per heavy atom. The third kappa shape index (κ3) is 3.38. The van der Waals surface area contributed by atoms with Gasteiger partial charge in [-0.3, -0.25) is 0 Å². The molecule has 2 aromatic carbocycles. The van der Waals surface area contributed by atoms with Crippen LogP contribution < -0.4 is 4.74 Å². The lowest BCUT2D eigenvalue weighted by atomic mass is 10.2. The minimum atomic E-state index is 0.405. The number of halogens is 3. The minimum Gasteiger partial charge on any atom is -0.457 e. The summed E-state index contributed by atoms with van der Waals surface area (Å²) in [5, 5.41) is 0.686. The van der Waals surface area contributed by atoms with Gasteiger partial charge < -0.3 is 4.74 Å². The van der Waals surface area contributed by atoms with Gasteiger partial charge in [0.2, 0.25) is 0 Å². The van der Waals surface area contributed by atoms with Gasteiger partial charge >= 0.3 is 0 Å². The monoisotopic (exact) mass is 330 g/mol. The van der Waals surface area contributed by atoms with Gasteiger partial charge in [0.1, 0.15) is 11.5 Å². The van der Waals surface area contributed by atoms with Crippen molar-refractivity contribution in [3.63, 3.8) is 0 Å². The van der Waals surface area contributed by atoms with E-state index < -0.39 is 0 Å². The molecule has 0 aliphatic heterocycles. The van der Waals surface area contributed by atoms with Crippen molar-refractivity contribution >= 4 is 39.1 Å². The first kappa shape index (κ1) is 12.7. The van der Waals surface area contributed by atoms with Crippen LogP contribution in [0.15, 0.2) is 46.9 Å². The van der Waals surface area contributed by atoms with Crippen molar-refractivity contribution in [2.75, 3.05) is 0 Å². The summed E-state index contributed by atoms with van der Waals surface area (Å²) in [7, 11) is 0. The quantitative estimate of drug-likeness (QED) is 0.662. The zero-order valence-electron chi connectivity index (χ0n) is 8.79. The molecule has 2 rings (SSSR count). The molecule has 17 heavy (non-hydrogen) atoms. The first-order valence-corrected chi connectivity index (χ1v) is 6.67. The van der Waals surface area contributed by atoms with E-state index >= 15 is 0 Å². The van der Waals surface area contributed by atoms with E-state index in [9.17, 15) is 0 Å². The van der Waals surface area contributed by atoms with Crippen LogP contribution >= 0.6 is 39.1 Å². The lowest BCUT2D eigenvalue weighted by Crippen LogP contribution is -1.89. The van der Waals surface area contributed by atoms with Crippen LogP contribution in [0.25, 0.3) is 0 Å². The molecule has 0 aliphatic carbocycles. The van der Waals surface area contributed by atoms with E-state index in [-0.39, 0.29) is 0 Å². The van der Waals surface area contributed by atoms with Crippen LogP contribution in [0.1, 0.15) is 5.56 Å². The standard InChI is InChI=1S/C13H9BrCl2O/c14-10-1-6-13(9(7-10)8-15)17-12-4-2-11(16)3-5-12/h1-7H,8H2. The number of benzene rings is 2. The number of hydrogen-bond donors (Lipinski definition) is 0. The van der Waals surface area contributed by atoms with Gasteiger partial charge in [-0.25, -0.2) is 0 Å². The molecular weight excluding hydrogens is 323 g/mol. The first-order valence-electron chi connectivity index (χ1n) is 4.97. The van der Waals surface area contributed by atoms with Gasteiger partial charge in [0, 0.05) is 15.1 Å². The number of ether oxygens (including phenoxy) is 1. The molecule has 0 fully saturated rings. The van der Waals surface area contributed by atoms with Gasteiger partial charge in [-0.2, -0.15) is 0 Å². The average molecular weight is 332 g/mol. The molecule has 88 valence electrons. The van der Waals surface area contributed by atoms with Gasteiger partial charge in [-0.1, -0.05) is 27.5 Å². The van der Waals surface area contributed by atoms with Crippen molar-refractivity contribution in [1.29, 1.82) is 0 Å². The summed E-state index contributed by atoms with van der Waals surface area (Å²) in [5.74, 6) is 1.90. The summed E-state index contributed by atoms with van der Waals surface area (Å²) in [4.78, 5) is 0. The number of hydrogen-bond acceptors (Lipinski definition) is 1. The minimum absolute atomic E-state index is 0.405. The Labute approximate surface area is 118 Å². The van der Waals surface area contributed by atoms with Gasteiger partial charge in [0.15, 0.2) is 0 Å². The van der Waals surface area contributed by atoms with Gasteiger partial charge in [0.25, 0.3) is 0 Å². The van der Waals surface area contributed by atoms with Crippen molar-refractivity contribution in [3.8, 4) is 11.5 Å². The Morgan fingerprint density at radius 3 is 2.41 bits per heavy atom. The van der Waals surface area contributed by atoms with Crippen molar-refractivity contribution in [2.24, 2.45) is 0 Å². The smallest absolute Gasteiger partial charge is 0.131 e. The van der Waals surface area contributed by atoms with Crippen LogP contribution in [0.4, 0.5) is 0 Å². The molecule has 2 aromatic rings. The highest BCUT2D eigenvalue weighted by molar-refractivity contribution is 9.10. The topological polar surface area (TPSA) is 9.23 Å². The Morgan fingerprint density at radius 2 is 1.76 bits per heavy atom. The van der Waals surface area contributed by atoms with Crippen LogP contribution in [0, 0.1) is 0 Å². The maximum atomic E-state index is 5.87. The molecule has 0 aliphatic rings. The Bertz CT molecular complexity index is 511. The summed E-state index contributed by atoms with van der Waals surface area (Å²) >= 11 is 15.1. The molecule has 0 amide bonds. The maximum absolute atomic E-state index is 5.87.